The highest BCUT2D eigenvalue weighted by Gasteiger charge is 2.18. The summed E-state index contributed by atoms with van der Waals surface area (Å²) in [4.78, 5) is 15.2. The lowest BCUT2D eigenvalue weighted by Gasteiger charge is -2.21. The first-order chi connectivity index (χ1) is 6.77. The van der Waals surface area contributed by atoms with Crippen LogP contribution in [0.3, 0.4) is 0 Å². The number of aryl methyl sites for hydroxylation is 1. The second-order valence-corrected chi connectivity index (χ2v) is 4.00. The van der Waals surface area contributed by atoms with E-state index in [1.54, 1.807) is 13.2 Å². The van der Waals surface area contributed by atoms with Gasteiger partial charge in [0.05, 0.1) is 5.69 Å². The zero-order chi connectivity index (χ0) is 9.97. The lowest BCUT2D eigenvalue weighted by atomic mass is 10.3. The first kappa shape index (κ1) is 9.77. The van der Waals surface area contributed by atoms with Gasteiger partial charge in [-0.05, 0) is 6.07 Å². The molecule has 1 aromatic heterocycles. The minimum atomic E-state index is -0.249. The fourth-order valence-electron chi connectivity index (χ4n) is 1.20. The predicted molar refractivity (Wildman–Crippen MR) is 52.4 cm³/mol. The lowest BCUT2D eigenvalue weighted by molar-refractivity contribution is -0.0389. The normalized spacial score (nSPS) is 23.9. The van der Waals surface area contributed by atoms with Crippen molar-refractivity contribution in [3.05, 3.63) is 28.4 Å². The van der Waals surface area contributed by atoms with Crippen LogP contribution >= 0.6 is 8.81 Å². The molecule has 0 N–H and O–H groups in total. The summed E-state index contributed by atoms with van der Waals surface area (Å²) in [5.41, 5.74) is 0.449. The molecule has 2 unspecified atom stereocenters. The van der Waals surface area contributed by atoms with Crippen molar-refractivity contribution < 1.29 is 9.26 Å². The molecule has 6 heteroatoms. The molecule has 0 aromatic carbocycles. The number of nitrogens with zero attached hydrogens (tertiary/aromatic N) is 2. The molecule has 76 valence electrons. The number of rotatable bonds is 1. The van der Waals surface area contributed by atoms with E-state index in [4.69, 9.17) is 9.26 Å². The van der Waals surface area contributed by atoms with Gasteiger partial charge in [-0.1, -0.05) is 0 Å². The van der Waals surface area contributed by atoms with Crippen molar-refractivity contribution in [1.29, 1.82) is 0 Å². The van der Waals surface area contributed by atoms with Crippen LogP contribution in [0.1, 0.15) is 11.8 Å². The number of hydrogen-bond acceptors (Lipinski definition) is 4. The molecule has 1 saturated heterocycles. The van der Waals surface area contributed by atoms with Crippen molar-refractivity contribution in [2.24, 2.45) is 7.05 Å². The summed E-state index contributed by atoms with van der Waals surface area (Å²) < 4.78 is 11.8. The Morgan fingerprint density at radius 2 is 2.57 bits per heavy atom. The molecule has 0 bridgehead atoms. The fraction of sp³-hybridized carbons (Fsp3) is 0.500. The molecule has 1 aliphatic heterocycles. The van der Waals surface area contributed by atoms with Gasteiger partial charge in [-0.15, -0.1) is 0 Å². The van der Waals surface area contributed by atoms with E-state index in [0.717, 1.165) is 6.16 Å². The highest BCUT2D eigenvalue weighted by Crippen LogP contribution is 2.29. The van der Waals surface area contributed by atoms with Crippen molar-refractivity contribution in [3.63, 3.8) is 0 Å². The Balaban J connectivity index is 2.23. The number of ether oxygens (including phenoxy) is 1. The smallest absolute Gasteiger partial charge is 0.345 e. The molecule has 0 amide bonds. The van der Waals surface area contributed by atoms with Crippen molar-refractivity contribution in [3.8, 4) is 0 Å². The molecule has 2 heterocycles. The van der Waals surface area contributed by atoms with Crippen LogP contribution in [0.25, 0.3) is 0 Å². The maximum absolute atomic E-state index is 11.2. The van der Waals surface area contributed by atoms with Gasteiger partial charge in [-0.25, -0.2) is 4.79 Å². The maximum atomic E-state index is 11.2. The van der Waals surface area contributed by atoms with E-state index in [9.17, 15) is 4.79 Å². The topological polar surface area (TPSA) is 53.4 Å². The van der Waals surface area contributed by atoms with Gasteiger partial charge in [0.25, 0.3) is 0 Å². The van der Waals surface area contributed by atoms with E-state index < -0.39 is 0 Å². The summed E-state index contributed by atoms with van der Waals surface area (Å²) >= 11 is 0. The zero-order valence-electron chi connectivity index (χ0n) is 7.77. The predicted octanol–water partition coefficient (Wildman–Crippen LogP) is 0.419. The lowest BCUT2D eigenvalue weighted by Crippen LogP contribution is -2.24. The van der Waals surface area contributed by atoms with Crippen molar-refractivity contribution in [2.45, 2.75) is 6.10 Å². The third-order valence-corrected chi connectivity index (χ3v) is 2.88. The van der Waals surface area contributed by atoms with Gasteiger partial charge in [0.1, 0.15) is 6.10 Å². The van der Waals surface area contributed by atoms with Crippen LogP contribution in [0.4, 0.5) is 0 Å². The summed E-state index contributed by atoms with van der Waals surface area (Å²) in [7, 11) is 2.10. The first-order valence-corrected chi connectivity index (χ1v) is 5.39. The highest BCUT2D eigenvalue weighted by molar-refractivity contribution is 7.32. The molecule has 0 radical (unpaired) electrons. The molecule has 2 rings (SSSR count). The highest BCUT2D eigenvalue weighted by atomic mass is 31.1. The average molecular weight is 214 g/mol. The van der Waals surface area contributed by atoms with E-state index in [1.165, 1.54) is 4.57 Å². The van der Waals surface area contributed by atoms with Gasteiger partial charge in [-0.3, -0.25) is 0 Å². The molecule has 2 atom stereocenters. The molecular weight excluding hydrogens is 203 g/mol. The molecular formula is C8H11N2O3P. The quantitative estimate of drug-likeness (QED) is 0.636. The standard InChI is InChI=1S/C8H11N2O3P/c1-10-3-2-6(9-8(10)11)7-4-14-13-5-12-7/h2-3,7,14H,4-5H2,1H3. The van der Waals surface area contributed by atoms with Crippen LogP contribution in [0, 0.1) is 0 Å². The van der Waals surface area contributed by atoms with E-state index in [1.807, 2.05) is 6.07 Å². The molecule has 0 spiro atoms. The maximum Gasteiger partial charge on any atom is 0.347 e. The van der Waals surface area contributed by atoms with Gasteiger partial charge in [0, 0.05) is 28.2 Å². The summed E-state index contributed by atoms with van der Waals surface area (Å²) in [5, 5.41) is 0. The Morgan fingerprint density at radius 1 is 1.71 bits per heavy atom. The zero-order valence-corrected chi connectivity index (χ0v) is 8.77. The van der Waals surface area contributed by atoms with Gasteiger partial charge in [0.15, 0.2) is 6.79 Å². The van der Waals surface area contributed by atoms with Crippen molar-refractivity contribution >= 4 is 8.81 Å². The molecule has 14 heavy (non-hydrogen) atoms. The van der Waals surface area contributed by atoms with Crippen LogP contribution in [0.2, 0.25) is 0 Å². The second-order valence-electron chi connectivity index (χ2n) is 3.01. The molecule has 0 saturated carbocycles. The Kier molecular flexibility index (Phi) is 2.91. The Hall–Kier alpha value is -0.770. The van der Waals surface area contributed by atoms with Crippen LogP contribution in [-0.2, 0) is 16.3 Å². The van der Waals surface area contributed by atoms with E-state index in [0.29, 0.717) is 21.3 Å². The van der Waals surface area contributed by atoms with Gasteiger partial charge in [-0.2, -0.15) is 4.98 Å². The summed E-state index contributed by atoms with van der Waals surface area (Å²) in [6, 6.07) is 1.81. The number of aromatic nitrogens is 2. The monoisotopic (exact) mass is 214 g/mol. The van der Waals surface area contributed by atoms with Gasteiger partial charge in [0.2, 0.25) is 0 Å². The van der Waals surface area contributed by atoms with Crippen LogP contribution in [-0.4, -0.2) is 22.5 Å². The van der Waals surface area contributed by atoms with E-state index in [-0.39, 0.29) is 11.8 Å². The van der Waals surface area contributed by atoms with Gasteiger partial charge >= 0.3 is 5.69 Å². The van der Waals surface area contributed by atoms with E-state index >= 15 is 0 Å². The average Bonchev–Trinajstić information content (AvgIpc) is 2.23. The third-order valence-electron chi connectivity index (χ3n) is 2.02. The minimum Gasteiger partial charge on any atom is -0.345 e. The van der Waals surface area contributed by atoms with Crippen LogP contribution < -0.4 is 5.69 Å². The van der Waals surface area contributed by atoms with Crippen molar-refractivity contribution in [2.75, 3.05) is 13.0 Å². The SMILES string of the molecule is Cn1ccc(C2CPOCO2)nc1=O. The van der Waals surface area contributed by atoms with Crippen LogP contribution in [0.15, 0.2) is 17.1 Å². The molecule has 0 aliphatic carbocycles. The minimum absolute atomic E-state index is 0.0871. The van der Waals surface area contributed by atoms with Crippen molar-refractivity contribution in [1.82, 2.24) is 9.55 Å². The molecule has 1 aromatic rings. The molecule has 1 aliphatic rings. The first-order valence-electron chi connectivity index (χ1n) is 4.27. The largest absolute Gasteiger partial charge is 0.347 e. The van der Waals surface area contributed by atoms with Crippen LogP contribution in [0.5, 0.6) is 0 Å². The summed E-state index contributed by atoms with van der Waals surface area (Å²) in [6.45, 7) is 0.292. The van der Waals surface area contributed by atoms with E-state index in [2.05, 4.69) is 4.98 Å². The Labute approximate surface area is 82.9 Å². The molecule has 5 nitrogen and oxygen atoms in total. The Bertz CT molecular complexity index is 373. The second kappa shape index (κ2) is 4.17. The van der Waals surface area contributed by atoms with Gasteiger partial charge < -0.3 is 13.8 Å². The summed E-state index contributed by atoms with van der Waals surface area (Å²) in [6.07, 6.45) is 2.39. The number of hydrogen-bond donors (Lipinski definition) is 0. The molecule has 1 fully saturated rings. The third kappa shape index (κ3) is 2.00. The summed E-state index contributed by atoms with van der Waals surface area (Å²) in [5.74, 6) is 0. The Morgan fingerprint density at radius 3 is 3.21 bits per heavy atom. The fourth-order valence-corrected chi connectivity index (χ4v) is 1.95.